The van der Waals surface area contributed by atoms with Gasteiger partial charge in [-0.2, -0.15) is 0 Å². The second kappa shape index (κ2) is 7.05. The van der Waals surface area contributed by atoms with Crippen molar-refractivity contribution in [3.8, 4) is 11.4 Å². The highest BCUT2D eigenvalue weighted by atomic mass is 16.3. The first-order valence-electron chi connectivity index (χ1n) is 9.67. The van der Waals surface area contributed by atoms with Crippen LogP contribution < -0.4 is 0 Å². The molecule has 1 fully saturated rings. The van der Waals surface area contributed by atoms with Crippen LogP contribution in [-0.2, 0) is 0 Å². The first-order valence-corrected chi connectivity index (χ1v) is 9.67. The average Bonchev–Trinajstić information content (AvgIpc) is 3.53. The molecule has 144 valence electrons. The van der Waals surface area contributed by atoms with Crippen LogP contribution in [0.5, 0.6) is 0 Å². The molecule has 6 heteroatoms. The maximum absolute atomic E-state index is 12.7. The van der Waals surface area contributed by atoms with Crippen molar-refractivity contribution >= 4 is 22.7 Å². The zero-order chi connectivity index (χ0) is 19.8. The molecule has 1 N–H and O–H groups in total. The third-order valence-electron chi connectivity index (χ3n) is 5.26. The summed E-state index contributed by atoms with van der Waals surface area (Å²) in [6.07, 6.45) is 3.61. The van der Waals surface area contributed by atoms with Crippen molar-refractivity contribution in [1.82, 2.24) is 14.9 Å². The van der Waals surface area contributed by atoms with E-state index in [2.05, 4.69) is 9.97 Å². The summed E-state index contributed by atoms with van der Waals surface area (Å²) in [5.74, 6) is 0.801. The molecule has 0 saturated carbocycles. The first-order chi connectivity index (χ1) is 14.2. The van der Waals surface area contributed by atoms with Gasteiger partial charge in [-0.3, -0.25) is 9.59 Å². The SMILES string of the molecule is O=C(c1ccccc1)c1ccc2[nH]c(-c3coc(C(=O)N4CCCC4)c3)nc2c1. The van der Waals surface area contributed by atoms with Crippen LogP contribution in [0.4, 0.5) is 0 Å². The fourth-order valence-electron chi connectivity index (χ4n) is 3.69. The van der Waals surface area contributed by atoms with Crippen LogP contribution in [-0.4, -0.2) is 39.6 Å². The third-order valence-corrected chi connectivity index (χ3v) is 5.26. The maximum atomic E-state index is 12.7. The summed E-state index contributed by atoms with van der Waals surface area (Å²) >= 11 is 0. The molecule has 1 aliphatic heterocycles. The molecule has 29 heavy (non-hydrogen) atoms. The van der Waals surface area contributed by atoms with Crippen molar-refractivity contribution in [2.75, 3.05) is 13.1 Å². The number of nitrogens with zero attached hydrogens (tertiary/aromatic N) is 2. The standard InChI is InChI=1S/C23H19N3O3/c27-21(15-6-2-1-3-7-15)16-8-9-18-19(12-16)25-22(24-18)17-13-20(29-14-17)23(28)26-10-4-5-11-26/h1-3,6-9,12-14H,4-5,10-11H2,(H,24,25). The molecule has 0 aliphatic carbocycles. The Balaban J connectivity index is 1.43. The van der Waals surface area contributed by atoms with Crippen molar-refractivity contribution in [3.05, 3.63) is 77.7 Å². The molecule has 1 aliphatic rings. The minimum absolute atomic E-state index is 0.0427. The number of rotatable bonds is 4. The van der Waals surface area contributed by atoms with Gasteiger partial charge >= 0.3 is 0 Å². The fourth-order valence-corrected chi connectivity index (χ4v) is 3.69. The lowest BCUT2D eigenvalue weighted by molar-refractivity contribution is 0.0761. The number of nitrogens with one attached hydrogen (secondary N) is 1. The molecule has 0 bridgehead atoms. The van der Waals surface area contributed by atoms with E-state index in [0.29, 0.717) is 33.8 Å². The molecule has 5 rings (SSSR count). The van der Waals surface area contributed by atoms with Gasteiger partial charge in [0.25, 0.3) is 5.91 Å². The summed E-state index contributed by atoms with van der Waals surface area (Å²) in [5.41, 5.74) is 3.44. The number of ketones is 1. The molecule has 1 saturated heterocycles. The van der Waals surface area contributed by atoms with Crippen LogP contribution in [0.1, 0.15) is 39.3 Å². The minimum Gasteiger partial charge on any atom is -0.458 e. The number of hydrogen-bond donors (Lipinski definition) is 1. The number of likely N-dealkylation sites (tertiary alicyclic amines) is 1. The number of aromatic amines is 1. The topological polar surface area (TPSA) is 79.2 Å². The van der Waals surface area contributed by atoms with Crippen molar-refractivity contribution < 1.29 is 14.0 Å². The summed E-state index contributed by atoms with van der Waals surface area (Å²) in [4.78, 5) is 34.8. The highest BCUT2D eigenvalue weighted by molar-refractivity contribution is 6.10. The van der Waals surface area contributed by atoms with Crippen LogP contribution >= 0.6 is 0 Å². The Morgan fingerprint density at radius 3 is 2.55 bits per heavy atom. The zero-order valence-electron chi connectivity index (χ0n) is 15.7. The molecule has 2 aromatic carbocycles. The number of fused-ring (bicyclic) bond motifs is 1. The molecule has 0 spiro atoms. The molecular weight excluding hydrogens is 366 g/mol. The van der Waals surface area contributed by atoms with Crippen molar-refractivity contribution in [3.63, 3.8) is 0 Å². The number of carbonyl (C=O) groups is 2. The second-order valence-electron chi connectivity index (χ2n) is 7.21. The van der Waals surface area contributed by atoms with Gasteiger partial charge in [0.05, 0.1) is 16.6 Å². The van der Waals surface area contributed by atoms with Gasteiger partial charge in [0.2, 0.25) is 0 Å². The maximum Gasteiger partial charge on any atom is 0.289 e. The number of imidazole rings is 1. The van der Waals surface area contributed by atoms with Crippen LogP contribution in [0.2, 0.25) is 0 Å². The van der Waals surface area contributed by atoms with Crippen LogP contribution in [0.15, 0.2) is 65.3 Å². The highest BCUT2D eigenvalue weighted by Gasteiger charge is 2.23. The Morgan fingerprint density at radius 1 is 0.966 bits per heavy atom. The minimum atomic E-state index is -0.0828. The molecule has 4 aromatic rings. The molecule has 0 unspecified atom stereocenters. The van der Waals surface area contributed by atoms with E-state index in [9.17, 15) is 9.59 Å². The van der Waals surface area contributed by atoms with E-state index in [1.54, 1.807) is 30.3 Å². The number of H-pyrrole nitrogens is 1. The molecule has 2 aromatic heterocycles. The quantitative estimate of drug-likeness (QED) is 0.532. The Kier molecular flexibility index (Phi) is 4.24. The van der Waals surface area contributed by atoms with E-state index in [4.69, 9.17) is 4.42 Å². The number of hydrogen-bond acceptors (Lipinski definition) is 4. The van der Waals surface area contributed by atoms with Crippen LogP contribution in [0.25, 0.3) is 22.4 Å². The molecule has 1 amide bonds. The fraction of sp³-hybridized carbons (Fsp3) is 0.174. The Morgan fingerprint density at radius 2 is 1.76 bits per heavy atom. The lowest BCUT2D eigenvalue weighted by Gasteiger charge is -2.12. The van der Waals surface area contributed by atoms with E-state index in [-0.39, 0.29) is 11.7 Å². The number of amides is 1. The normalized spacial score (nSPS) is 13.9. The smallest absolute Gasteiger partial charge is 0.289 e. The van der Waals surface area contributed by atoms with E-state index in [1.807, 2.05) is 29.2 Å². The zero-order valence-corrected chi connectivity index (χ0v) is 15.7. The molecule has 3 heterocycles. The monoisotopic (exact) mass is 385 g/mol. The Bertz CT molecular complexity index is 1200. The van der Waals surface area contributed by atoms with Gasteiger partial charge < -0.3 is 14.3 Å². The van der Waals surface area contributed by atoms with E-state index in [0.717, 1.165) is 31.4 Å². The number of furan rings is 1. The van der Waals surface area contributed by atoms with E-state index >= 15 is 0 Å². The number of benzene rings is 2. The van der Waals surface area contributed by atoms with Gasteiger partial charge in [0.15, 0.2) is 11.5 Å². The van der Waals surface area contributed by atoms with Gasteiger partial charge in [0.1, 0.15) is 12.1 Å². The molecule has 6 nitrogen and oxygen atoms in total. The lowest BCUT2D eigenvalue weighted by Crippen LogP contribution is -2.27. The van der Waals surface area contributed by atoms with Gasteiger partial charge in [-0.1, -0.05) is 30.3 Å². The van der Waals surface area contributed by atoms with E-state index in [1.165, 1.54) is 6.26 Å². The second-order valence-corrected chi connectivity index (χ2v) is 7.21. The van der Waals surface area contributed by atoms with Gasteiger partial charge in [-0.05, 0) is 31.0 Å². The summed E-state index contributed by atoms with van der Waals surface area (Å²) < 4.78 is 5.50. The van der Waals surface area contributed by atoms with Crippen molar-refractivity contribution in [1.29, 1.82) is 0 Å². The average molecular weight is 385 g/mol. The Labute approximate surface area is 167 Å². The highest BCUT2D eigenvalue weighted by Crippen LogP contribution is 2.25. The summed E-state index contributed by atoms with van der Waals surface area (Å²) in [6.45, 7) is 1.55. The molecule has 0 atom stereocenters. The van der Waals surface area contributed by atoms with Gasteiger partial charge in [-0.15, -0.1) is 0 Å². The number of aromatic nitrogens is 2. The largest absolute Gasteiger partial charge is 0.458 e. The Hall–Kier alpha value is -3.67. The van der Waals surface area contributed by atoms with Crippen molar-refractivity contribution in [2.24, 2.45) is 0 Å². The van der Waals surface area contributed by atoms with Crippen LogP contribution in [0, 0.1) is 0 Å². The van der Waals surface area contributed by atoms with E-state index < -0.39 is 0 Å². The third kappa shape index (κ3) is 3.23. The molecular formula is C23H19N3O3. The summed E-state index contributed by atoms with van der Waals surface area (Å²) in [6, 6.07) is 16.3. The predicted octanol–water partition coefficient (Wildman–Crippen LogP) is 4.29. The summed E-state index contributed by atoms with van der Waals surface area (Å²) in [7, 11) is 0. The van der Waals surface area contributed by atoms with Crippen LogP contribution in [0.3, 0.4) is 0 Å². The molecule has 0 radical (unpaired) electrons. The number of carbonyl (C=O) groups excluding carboxylic acids is 2. The van der Waals surface area contributed by atoms with Crippen molar-refractivity contribution in [2.45, 2.75) is 12.8 Å². The lowest BCUT2D eigenvalue weighted by atomic mass is 10.0. The van der Waals surface area contributed by atoms with Gasteiger partial charge in [-0.25, -0.2) is 4.98 Å². The summed E-state index contributed by atoms with van der Waals surface area (Å²) in [5, 5.41) is 0. The predicted molar refractivity (Wildman–Crippen MR) is 109 cm³/mol. The first kappa shape index (κ1) is 17.4. The van der Waals surface area contributed by atoms with Gasteiger partial charge in [0, 0.05) is 30.3 Å².